The molecule has 9 nitrogen and oxygen atoms in total. The van der Waals surface area contributed by atoms with E-state index in [4.69, 9.17) is 18.4 Å². The average Bonchev–Trinajstić information content (AvgIpc) is 3.64. The second-order valence-corrected chi connectivity index (χ2v) is 9.19. The van der Waals surface area contributed by atoms with Crippen LogP contribution in [0.2, 0.25) is 0 Å². The molecule has 6 rings (SSSR count). The van der Waals surface area contributed by atoms with Crippen molar-refractivity contribution in [3.8, 4) is 33.9 Å². The van der Waals surface area contributed by atoms with Crippen molar-refractivity contribution in [1.82, 2.24) is 15.3 Å². The van der Waals surface area contributed by atoms with E-state index in [1.54, 1.807) is 42.6 Å². The number of fused-ring (bicyclic) bond motifs is 2. The highest BCUT2D eigenvalue weighted by atomic mass is 19.1. The van der Waals surface area contributed by atoms with Crippen molar-refractivity contribution in [3.05, 3.63) is 90.1 Å². The van der Waals surface area contributed by atoms with Gasteiger partial charge in [0.2, 0.25) is 5.89 Å². The second-order valence-electron chi connectivity index (χ2n) is 9.19. The van der Waals surface area contributed by atoms with Gasteiger partial charge >= 0.3 is 0 Å². The number of amides is 1. The molecule has 1 N–H and O–H groups in total. The number of furan rings is 1. The van der Waals surface area contributed by atoms with Gasteiger partial charge in [0, 0.05) is 55.6 Å². The lowest BCUT2D eigenvalue weighted by Crippen LogP contribution is -2.18. The number of oxazole rings is 1. The van der Waals surface area contributed by atoms with E-state index in [2.05, 4.69) is 15.3 Å². The predicted molar refractivity (Wildman–Crippen MR) is 160 cm³/mol. The van der Waals surface area contributed by atoms with Gasteiger partial charge in [-0.15, -0.1) is 0 Å². The number of carbonyl (C=O) groups is 3. The molecule has 0 fully saturated rings. The molecule has 0 unspecified atom stereocenters. The smallest absolute Gasteiger partial charge is 0.255 e. The van der Waals surface area contributed by atoms with Crippen LogP contribution in [0.5, 0.6) is 0 Å². The first-order chi connectivity index (χ1) is 20.8. The molecule has 3 aromatic carbocycles. The van der Waals surface area contributed by atoms with Gasteiger partial charge < -0.3 is 28.6 Å². The van der Waals surface area contributed by atoms with Crippen molar-refractivity contribution in [2.75, 3.05) is 26.0 Å². The maximum atomic E-state index is 15.0. The van der Waals surface area contributed by atoms with Crippen molar-refractivity contribution < 1.29 is 32.0 Å². The zero-order valence-electron chi connectivity index (χ0n) is 23.5. The number of pyridine rings is 1. The Kier molecular flexibility index (Phi) is 9.05. The first-order valence-corrected chi connectivity index (χ1v) is 12.7. The summed E-state index contributed by atoms with van der Waals surface area (Å²) >= 11 is 0. The van der Waals surface area contributed by atoms with Gasteiger partial charge in [0.05, 0.1) is 11.1 Å². The molecule has 0 aliphatic heterocycles. The molecule has 0 bridgehead atoms. The number of hydrogen-bond donors (Lipinski definition) is 1. The molecule has 0 saturated heterocycles. The molecule has 3 aromatic heterocycles. The summed E-state index contributed by atoms with van der Waals surface area (Å²) in [5.74, 6) is -0.801. The Hall–Kier alpha value is -5.71. The van der Waals surface area contributed by atoms with E-state index in [1.165, 1.54) is 25.2 Å². The SMILES string of the molecule is C=O.C=O.CNC(=O)c1c(-c2ccc(F)cc2)oc2cc(N(C)C)c(-c3ccc(F)c(-c4nc5ncccc5o4)c3)cc12. The topological polar surface area (TPSA) is 119 Å². The molecule has 0 aliphatic rings. The maximum absolute atomic E-state index is 15.0. The molecule has 218 valence electrons. The lowest BCUT2D eigenvalue weighted by molar-refractivity contribution is -0.0987. The fourth-order valence-corrected chi connectivity index (χ4v) is 4.63. The van der Waals surface area contributed by atoms with Crippen LogP contribution in [0.1, 0.15) is 10.4 Å². The first kappa shape index (κ1) is 30.3. The quantitative estimate of drug-likeness (QED) is 0.251. The summed E-state index contributed by atoms with van der Waals surface area (Å²) < 4.78 is 40.6. The molecule has 0 spiro atoms. The van der Waals surface area contributed by atoms with Gasteiger partial charge in [0.1, 0.15) is 36.6 Å². The molecule has 11 heteroatoms. The third-order valence-corrected chi connectivity index (χ3v) is 6.52. The van der Waals surface area contributed by atoms with Crippen LogP contribution in [0, 0.1) is 11.6 Å². The molecular formula is C32H26F2N4O5. The molecule has 0 aliphatic carbocycles. The van der Waals surface area contributed by atoms with Crippen molar-refractivity contribution >= 4 is 47.4 Å². The number of rotatable bonds is 5. The van der Waals surface area contributed by atoms with Crippen LogP contribution in [-0.4, -0.2) is 50.6 Å². The maximum Gasteiger partial charge on any atom is 0.255 e. The molecule has 0 atom stereocenters. The molecule has 3 heterocycles. The summed E-state index contributed by atoms with van der Waals surface area (Å²) in [6.45, 7) is 4.00. The van der Waals surface area contributed by atoms with E-state index in [1.807, 2.05) is 44.7 Å². The minimum absolute atomic E-state index is 0.114. The van der Waals surface area contributed by atoms with Crippen LogP contribution in [0.4, 0.5) is 14.5 Å². The van der Waals surface area contributed by atoms with Crippen LogP contribution in [0.15, 0.2) is 81.8 Å². The summed E-state index contributed by atoms with van der Waals surface area (Å²) in [4.78, 5) is 39.5. The molecule has 43 heavy (non-hydrogen) atoms. The summed E-state index contributed by atoms with van der Waals surface area (Å²) in [5, 5.41) is 3.23. The summed E-state index contributed by atoms with van der Waals surface area (Å²) in [6.07, 6.45) is 1.59. The van der Waals surface area contributed by atoms with Gasteiger partial charge in [0.15, 0.2) is 11.2 Å². The average molecular weight is 585 g/mol. The van der Waals surface area contributed by atoms with E-state index < -0.39 is 11.6 Å². The van der Waals surface area contributed by atoms with Crippen LogP contribution in [-0.2, 0) is 9.59 Å². The van der Waals surface area contributed by atoms with E-state index >= 15 is 4.39 Å². The molecule has 6 aromatic rings. The Bertz CT molecular complexity index is 1880. The largest absolute Gasteiger partial charge is 0.455 e. The van der Waals surface area contributed by atoms with Crippen LogP contribution >= 0.6 is 0 Å². The van der Waals surface area contributed by atoms with E-state index in [9.17, 15) is 9.18 Å². The van der Waals surface area contributed by atoms with E-state index in [0.29, 0.717) is 44.7 Å². The lowest BCUT2D eigenvalue weighted by Gasteiger charge is -2.18. The number of aromatic nitrogens is 2. The number of benzene rings is 3. The Balaban J connectivity index is 0.00000102. The van der Waals surface area contributed by atoms with Gasteiger partial charge in [-0.2, -0.15) is 4.98 Å². The van der Waals surface area contributed by atoms with Gasteiger partial charge in [-0.05, 0) is 60.2 Å². The van der Waals surface area contributed by atoms with E-state index in [-0.39, 0.29) is 17.4 Å². The highest BCUT2D eigenvalue weighted by Gasteiger charge is 2.24. The Labute approximate surface area is 244 Å². The number of anilines is 1. The fraction of sp³-hybridized carbons (Fsp3) is 0.0938. The zero-order chi connectivity index (χ0) is 31.3. The first-order valence-electron chi connectivity index (χ1n) is 12.7. The molecule has 0 saturated carbocycles. The monoisotopic (exact) mass is 584 g/mol. The Morgan fingerprint density at radius 2 is 1.56 bits per heavy atom. The van der Waals surface area contributed by atoms with Crippen molar-refractivity contribution in [3.63, 3.8) is 0 Å². The number of nitrogens with zero attached hydrogens (tertiary/aromatic N) is 3. The van der Waals surface area contributed by atoms with Gasteiger partial charge in [-0.1, -0.05) is 6.07 Å². The van der Waals surface area contributed by atoms with Crippen molar-refractivity contribution in [2.45, 2.75) is 0 Å². The minimum Gasteiger partial charge on any atom is -0.455 e. The van der Waals surface area contributed by atoms with Gasteiger partial charge in [-0.25, -0.2) is 13.8 Å². The van der Waals surface area contributed by atoms with Crippen molar-refractivity contribution in [2.24, 2.45) is 0 Å². The summed E-state index contributed by atoms with van der Waals surface area (Å²) in [5.41, 5.74) is 4.57. The molecule has 0 radical (unpaired) electrons. The summed E-state index contributed by atoms with van der Waals surface area (Å²) in [7, 11) is 5.29. The zero-order valence-corrected chi connectivity index (χ0v) is 23.5. The number of hydrogen-bond acceptors (Lipinski definition) is 8. The highest BCUT2D eigenvalue weighted by Crippen LogP contribution is 2.41. The van der Waals surface area contributed by atoms with Crippen LogP contribution < -0.4 is 10.2 Å². The lowest BCUT2D eigenvalue weighted by atomic mass is 9.96. The number of halogens is 2. The van der Waals surface area contributed by atoms with E-state index in [0.717, 1.165) is 11.3 Å². The van der Waals surface area contributed by atoms with Gasteiger partial charge in [-0.3, -0.25) is 4.79 Å². The van der Waals surface area contributed by atoms with Crippen LogP contribution in [0.25, 0.3) is 56.1 Å². The van der Waals surface area contributed by atoms with Crippen molar-refractivity contribution in [1.29, 1.82) is 0 Å². The van der Waals surface area contributed by atoms with Gasteiger partial charge in [0.25, 0.3) is 5.91 Å². The fourth-order valence-electron chi connectivity index (χ4n) is 4.63. The normalized spacial score (nSPS) is 10.4. The minimum atomic E-state index is -0.495. The summed E-state index contributed by atoms with van der Waals surface area (Å²) in [6, 6.07) is 17.5. The molecular weight excluding hydrogens is 558 g/mol. The Morgan fingerprint density at radius 1 is 0.860 bits per heavy atom. The molecule has 1 amide bonds. The Morgan fingerprint density at radius 3 is 2.21 bits per heavy atom. The predicted octanol–water partition coefficient (Wildman–Crippen LogP) is 6.30. The third kappa shape index (κ3) is 5.73. The standard InChI is InChI=1S/C30H22F2N4O3.2CH2O/c1-33-29(37)26-21-14-19(23(36(2)3)15-25(21)38-27(26)16-6-9-18(31)10-7-16)17-8-11-22(32)20(13-17)30-35-28-24(39-30)5-4-12-34-28;2*1-2/h4-15H,1-3H3,(H,33,37);2*1H2. The van der Waals surface area contributed by atoms with Crippen LogP contribution in [0.3, 0.4) is 0 Å². The number of carbonyl (C=O) groups excluding carboxylic acids is 3. The third-order valence-electron chi connectivity index (χ3n) is 6.52. The highest BCUT2D eigenvalue weighted by molar-refractivity contribution is 6.13. The number of nitrogens with one attached hydrogen (secondary N) is 1. The second kappa shape index (κ2) is 12.9.